The van der Waals surface area contributed by atoms with Gasteiger partial charge in [0.1, 0.15) is 27.8 Å². The lowest BCUT2D eigenvalue weighted by molar-refractivity contribution is 0.0204. The number of ether oxygens (including phenoxy) is 4. The predicted molar refractivity (Wildman–Crippen MR) is 90.3 cm³/mol. The molecule has 1 aliphatic heterocycles. The van der Waals surface area contributed by atoms with Crippen LogP contribution in [0.15, 0.2) is 23.1 Å². The van der Waals surface area contributed by atoms with Crippen molar-refractivity contribution in [3.63, 3.8) is 0 Å². The Kier molecular flexibility index (Phi) is 4.28. The summed E-state index contributed by atoms with van der Waals surface area (Å²) in [7, 11) is 4.35. The molecule has 2 aliphatic rings. The number of oxime groups is 1. The fourth-order valence-electron chi connectivity index (χ4n) is 3.39. The molecule has 0 aromatic heterocycles. The Morgan fingerprint density at radius 2 is 1.96 bits per heavy atom. The molecule has 0 bridgehead atoms. The van der Waals surface area contributed by atoms with Gasteiger partial charge in [0.25, 0.3) is 0 Å². The van der Waals surface area contributed by atoms with Crippen LogP contribution in [0.4, 0.5) is 0 Å². The molecule has 25 heavy (non-hydrogen) atoms. The number of Topliss-reactive ketones (excluding diaryl/α,β-unsaturated/α-hetero) is 1. The fourth-order valence-corrected chi connectivity index (χ4v) is 3.65. The summed E-state index contributed by atoms with van der Waals surface area (Å²) in [6.07, 6.45) is 1.83. The van der Waals surface area contributed by atoms with E-state index < -0.39 is 5.60 Å². The second kappa shape index (κ2) is 6.15. The summed E-state index contributed by atoms with van der Waals surface area (Å²) in [6, 6.07) is 1.55. The third-order valence-electron chi connectivity index (χ3n) is 4.64. The Balaban J connectivity index is 2.25. The van der Waals surface area contributed by atoms with Gasteiger partial charge in [-0.2, -0.15) is 0 Å². The largest absolute Gasteiger partial charge is 0.496 e. The van der Waals surface area contributed by atoms with E-state index >= 15 is 0 Å². The van der Waals surface area contributed by atoms with Crippen LogP contribution in [-0.2, 0) is 4.74 Å². The topological polar surface area (TPSA) is 86.6 Å². The minimum Gasteiger partial charge on any atom is -0.496 e. The van der Waals surface area contributed by atoms with E-state index in [1.54, 1.807) is 6.07 Å². The lowest BCUT2D eigenvalue weighted by Gasteiger charge is -2.37. The predicted octanol–water partition coefficient (Wildman–Crippen LogP) is 3.07. The van der Waals surface area contributed by atoms with Gasteiger partial charge in [0.2, 0.25) is 11.4 Å². The molecule has 1 spiro atoms. The second-order valence-electron chi connectivity index (χ2n) is 5.88. The molecule has 0 saturated heterocycles. The van der Waals surface area contributed by atoms with E-state index in [1.807, 2.05) is 6.92 Å². The summed E-state index contributed by atoms with van der Waals surface area (Å²) in [5.74, 6) is 0.416. The Labute approximate surface area is 149 Å². The van der Waals surface area contributed by atoms with Crippen LogP contribution in [0.25, 0.3) is 0 Å². The molecule has 2 atom stereocenters. The highest BCUT2D eigenvalue weighted by atomic mass is 35.5. The average Bonchev–Trinajstić information content (AvgIpc) is 2.93. The summed E-state index contributed by atoms with van der Waals surface area (Å²) in [4.78, 5) is 13.4. The summed E-state index contributed by atoms with van der Waals surface area (Å²) >= 11 is 6.36. The number of carbonyl (C=O) groups excluding carboxylic acids is 1. The highest BCUT2D eigenvalue weighted by Crippen LogP contribution is 2.54. The molecule has 0 amide bonds. The maximum atomic E-state index is 13.4. The van der Waals surface area contributed by atoms with Gasteiger partial charge in [-0.1, -0.05) is 23.7 Å². The highest BCUT2D eigenvalue weighted by molar-refractivity contribution is 6.35. The Morgan fingerprint density at radius 1 is 1.28 bits per heavy atom. The number of benzene rings is 1. The first kappa shape index (κ1) is 17.4. The van der Waals surface area contributed by atoms with Gasteiger partial charge in [-0.3, -0.25) is 4.79 Å². The highest BCUT2D eigenvalue weighted by Gasteiger charge is 2.59. The number of carbonyl (C=O) groups is 1. The van der Waals surface area contributed by atoms with Crippen molar-refractivity contribution in [2.24, 2.45) is 11.1 Å². The minimum absolute atomic E-state index is 0.188. The van der Waals surface area contributed by atoms with Gasteiger partial charge in [-0.15, -0.1) is 0 Å². The molecular formula is C17H18ClNO6. The zero-order chi connectivity index (χ0) is 18.4. The maximum absolute atomic E-state index is 13.4. The number of halogens is 1. The Hall–Kier alpha value is -2.41. The van der Waals surface area contributed by atoms with Crippen molar-refractivity contribution in [3.8, 4) is 17.2 Å². The van der Waals surface area contributed by atoms with Crippen LogP contribution in [0, 0.1) is 5.92 Å². The number of ketones is 1. The van der Waals surface area contributed by atoms with E-state index in [0.717, 1.165) is 0 Å². The molecule has 134 valence electrons. The van der Waals surface area contributed by atoms with E-state index in [9.17, 15) is 4.79 Å². The zero-order valence-corrected chi connectivity index (χ0v) is 15.0. The minimum atomic E-state index is -1.39. The molecule has 0 unspecified atom stereocenters. The summed E-state index contributed by atoms with van der Waals surface area (Å²) in [5.41, 5.74) is -0.750. The van der Waals surface area contributed by atoms with Gasteiger partial charge >= 0.3 is 0 Å². The van der Waals surface area contributed by atoms with Crippen molar-refractivity contribution in [1.29, 1.82) is 0 Å². The summed E-state index contributed by atoms with van der Waals surface area (Å²) in [5, 5.41) is 12.5. The van der Waals surface area contributed by atoms with Crippen LogP contribution in [0.5, 0.6) is 17.2 Å². The van der Waals surface area contributed by atoms with Crippen molar-refractivity contribution in [2.45, 2.75) is 18.9 Å². The zero-order valence-electron chi connectivity index (χ0n) is 14.3. The van der Waals surface area contributed by atoms with E-state index in [2.05, 4.69) is 5.16 Å². The lowest BCUT2D eigenvalue weighted by atomic mass is 9.75. The molecule has 0 saturated carbocycles. The van der Waals surface area contributed by atoms with Gasteiger partial charge in [-0.05, 0) is 0 Å². The maximum Gasteiger partial charge on any atom is 0.231 e. The van der Waals surface area contributed by atoms with E-state index in [0.29, 0.717) is 23.6 Å². The SMILES string of the molecule is COC1=C/C(=N\O)C[C@@H](C)[C@]12Oc1c(Cl)c(OC)cc(OC)c1C2=O. The van der Waals surface area contributed by atoms with E-state index in [1.165, 1.54) is 27.4 Å². The molecule has 0 fully saturated rings. The van der Waals surface area contributed by atoms with Crippen LogP contribution in [0.1, 0.15) is 23.7 Å². The molecule has 1 N–H and O–H groups in total. The van der Waals surface area contributed by atoms with Crippen molar-refractivity contribution < 1.29 is 28.9 Å². The molecular weight excluding hydrogens is 350 g/mol. The quantitative estimate of drug-likeness (QED) is 0.652. The smallest absolute Gasteiger partial charge is 0.231 e. The van der Waals surface area contributed by atoms with Crippen LogP contribution < -0.4 is 14.2 Å². The number of allylic oxidation sites excluding steroid dienone is 1. The van der Waals surface area contributed by atoms with Gasteiger partial charge in [0.05, 0.1) is 27.0 Å². The number of methoxy groups -OCH3 is 3. The molecule has 1 aliphatic carbocycles. The standard InChI is InChI=1S/C17H18ClNO6/c1-8-5-9(19-21)6-12(24-4)17(8)16(20)13-10(22-2)7-11(23-3)14(18)15(13)25-17/h6-8,21H,5H2,1-4H3/b19-9-/t8-,17+/m1/s1. The molecule has 1 heterocycles. The lowest BCUT2D eigenvalue weighted by Crippen LogP contribution is -2.51. The monoisotopic (exact) mass is 367 g/mol. The van der Waals surface area contributed by atoms with Crippen molar-refractivity contribution in [2.75, 3.05) is 21.3 Å². The van der Waals surface area contributed by atoms with Crippen LogP contribution in [0.2, 0.25) is 5.02 Å². The van der Waals surface area contributed by atoms with Gasteiger partial charge < -0.3 is 24.2 Å². The van der Waals surface area contributed by atoms with Gasteiger partial charge in [-0.25, -0.2) is 0 Å². The first-order valence-electron chi connectivity index (χ1n) is 7.59. The van der Waals surface area contributed by atoms with Crippen LogP contribution >= 0.6 is 11.6 Å². The van der Waals surface area contributed by atoms with E-state index in [4.69, 9.17) is 35.8 Å². The Bertz CT molecular complexity index is 803. The number of rotatable bonds is 3. The molecule has 7 nitrogen and oxygen atoms in total. The van der Waals surface area contributed by atoms with Gasteiger partial charge in [0, 0.05) is 24.5 Å². The molecule has 3 rings (SSSR count). The van der Waals surface area contributed by atoms with Crippen LogP contribution in [0.3, 0.4) is 0 Å². The third kappa shape index (κ3) is 2.26. The number of fused-ring (bicyclic) bond motifs is 1. The number of hydrogen-bond acceptors (Lipinski definition) is 7. The number of nitrogens with zero attached hydrogens (tertiary/aromatic N) is 1. The normalized spacial score (nSPS) is 26.3. The second-order valence-corrected chi connectivity index (χ2v) is 6.25. The molecule has 1 aromatic rings. The average molecular weight is 368 g/mol. The summed E-state index contributed by atoms with van der Waals surface area (Å²) in [6.45, 7) is 1.82. The van der Waals surface area contributed by atoms with E-state index in [-0.39, 0.29) is 33.8 Å². The molecule has 1 aromatic carbocycles. The first-order valence-corrected chi connectivity index (χ1v) is 7.97. The fraction of sp³-hybridized carbons (Fsp3) is 0.412. The van der Waals surface area contributed by atoms with Crippen molar-refractivity contribution >= 4 is 23.1 Å². The Morgan fingerprint density at radius 3 is 2.52 bits per heavy atom. The van der Waals surface area contributed by atoms with Crippen LogP contribution in [-0.4, -0.2) is 43.6 Å². The van der Waals surface area contributed by atoms with Crippen molar-refractivity contribution in [1.82, 2.24) is 0 Å². The molecule has 8 heteroatoms. The first-order chi connectivity index (χ1) is 11.9. The van der Waals surface area contributed by atoms with Crippen molar-refractivity contribution in [3.05, 3.63) is 28.5 Å². The summed E-state index contributed by atoms with van der Waals surface area (Å²) < 4.78 is 22.1. The molecule has 0 radical (unpaired) electrons. The third-order valence-corrected chi connectivity index (χ3v) is 5.00. The number of hydrogen-bond donors (Lipinski definition) is 1. The van der Waals surface area contributed by atoms with Gasteiger partial charge in [0.15, 0.2) is 5.75 Å².